The van der Waals surface area contributed by atoms with Crippen molar-refractivity contribution in [3.8, 4) is 5.82 Å². The van der Waals surface area contributed by atoms with Gasteiger partial charge in [-0.05, 0) is 19.3 Å². The normalized spacial score (nSPS) is 17.7. The van der Waals surface area contributed by atoms with E-state index in [1.807, 2.05) is 6.92 Å². The minimum Gasteiger partial charge on any atom is -0.340 e. The quantitative estimate of drug-likeness (QED) is 0.694. The van der Waals surface area contributed by atoms with Gasteiger partial charge in [0.1, 0.15) is 17.7 Å². The van der Waals surface area contributed by atoms with Crippen molar-refractivity contribution in [1.82, 2.24) is 29.7 Å². The molecule has 8 nitrogen and oxygen atoms in total. The van der Waals surface area contributed by atoms with Crippen LogP contribution in [-0.4, -0.2) is 35.6 Å². The molecule has 0 unspecified atom stereocenters. The molecule has 2 atom stereocenters. The molecule has 2 N–H and O–H groups in total. The number of unbranched alkanes of at least 4 members (excludes halogenated alkanes) is 1. The lowest BCUT2D eigenvalue weighted by Gasteiger charge is -2.30. The smallest absolute Gasteiger partial charge is 0.226 e. The second-order valence-electron chi connectivity index (χ2n) is 7.23. The molecule has 0 bridgehead atoms. The average molecular weight is 367 g/mol. The predicted octanol–water partition coefficient (Wildman–Crippen LogP) is 3.49. The van der Waals surface area contributed by atoms with Crippen LogP contribution in [0.25, 0.3) is 17.0 Å². The minimum atomic E-state index is 0.0403. The van der Waals surface area contributed by atoms with Gasteiger partial charge >= 0.3 is 0 Å². The third-order valence-electron chi connectivity index (χ3n) is 5.57. The van der Waals surface area contributed by atoms with E-state index in [0.717, 1.165) is 29.9 Å². The number of carbonyl (C=O) groups excluding carboxylic acids is 1. The number of fused-ring (bicyclic) bond motifs is 2. The van der Waals surface area contributed by atoms with Crippen LogP contribution in [0, 0.1) is 12.8 Å². The SMILES string of the molecule is CCCC[C@H](CC)[C@H]1CC(=O)Nc2c1c(C)nn2-c1ncnc2nc[nH]c12. The monoisotopic (exact) mass is 367 g/mol. The van der Waals surface area contributed by atoms with Gasteiger partial charge in [0, 0.05) is 17.9 Å². The van der Waals surface area contributed by atoms with Gasteiger partial charge in [-0.25, -0.2) is 15.0 Å². The first-order valence-electron chi connectivity index (χ1n) is 9.67. The summed E-state index contributed by atoms with van der Waals surface area (Å²) >= 11 is 0. The van der Waals surface area contributed by atoms with E-state index in [9.17, 15) is 4.79 Å². The zero-order valence-electron chi connectivity index (χ0n) is 16.0. The van der Waals surface area contributed by atoms with Gasteiger partial charge in [0.25, 0.3) is 0 Å². The van der Waals surface area contributed by atoms with Gasteiger partial charge in [-0.2, -0.15) is 9.78 Å². The zero-order valence-corrected chi connectivity index (χ0v) is 16.0. The van der Waals surface area contributed by atoms with Crippen LogP contribution in [0.15, 0.2) is 12.7 Å². The Morgan fingerprint density at radius 3 is 2.93 bits per heavy atom. The number of nitrogens with zero attached hydrogens (tertiary/aromatic N) is 5. The van der Waals surface area contributed by atoms with Crippen LogP contribution >= 0.6 is 0 Å². The Balaban J connectivity index is 1.83. The molecular formula is C19H25N7O. The summed E-state index contributed by atoms with van der Waals surface area (Å²) in [6.45, 7) is 6.43. The van der Waals surface area contributed by atoms with Gasteiger partial charge in [-0.1, -0.05) is 33.1 Å². The number of anilines is 1. The average Bonchev–Trinajstić information content (AvgIpc) is 3.26. The molecule has 0 aliphatic carbocycles. The molecule has 1 amide bonds. The number of amides is 1. The Morgan fingerprint density at radius 1 is 1.30 bits per heavy atom. The van der Waals surface area contributed by atoms with Gasteiger partial charge < -0.3 is 10.3 Å². The molecule has 0 spiro atoms. The molecule has 0 fully saturated rings. The van der Waals surface area contributed by atoms with Gasteiger partial charge in [-0.3, -0.25) is 4.79 Å². The van der Waals surface area contributed by atoms with Crippen molar-refractivity contribution in [3.05, 3.63) is 23.9 Å². The number of imidazole rings is 1. The van der Waals surface area contributed by atoms with E-state index in [-0.39, 0.29) is 11.8 Å². The molecule has 8 heteroatoms. The number of rotatable bonds is 6. The minimum absolute atomic E-state index is 0.0403. The third-order valence-corrected chi connectivity index (χ3v) is 5.57. The maximum Gasteiger partial charge on any atom is 0.226 e. The fourth-order valence-corrected chi connectivity index (χ4v) is 4.21. The summed E-state index contributed by atoms with van der Waals surface area (Å²) in [6, 6.07) is 0. The lowest BCUT2D eigenvalue weighted by atomic mass is 9.77. The number of carbonyl (C=O) groups is 1. The molecule has 1 aliphatic rings. The lowest BCUT2D eigenvalue weighted by molar-refractivity contribution is -0.117. The molecule has 142 valence electrons. The largest absolute Gasteiger partial charge is 0.340 e. The highest BCUT2D eigenvalue weighted by Crippen LogP contribution is 2.43. The highest BCUT2D eigenvalue weighted by molar-refractivity contribution is 5.95. The molecule has 1 aliphatic heterocycles. The van der Waals surface area contributed by atoms with Crippen molar-refractivity contribution in [3.63, 3.8) is 0 Å². The summed E-state index contributed by atoms with van der Waals surface area (Å²) in [5.74, 6) is 2.04. The van der Waals surface area contributed by atoms with Crippen molar-refractivity contribution in [2.75, 3.05) is 5.32 Å². The van der Waals surface area contributed by atoms with Crippen LogP contribution in [0.3, 0.4) is 0 Å². The second kappa shape index (κ2) is 7.09. The highest BCUT2D eigenvalue weighted by atomic mass is 16.1. The van der Waals surface area contributed by atoms with Crippen molar-refractivity contribution < 1.29 is 4.79 Å². The van der Waals surface area contributed by atoms with E-state index in [1.165, 1.54) is 19.2 Å². The molecule has 3 aromatic heterocycles. The molecule has 27 heavy (non-hydrogen) atoms. The van der Waals surface area contributed by atoms with E-state index in [1.54, 1.807) is 11.0 Å². The van der Waals surface area contributed by atoms with Crippen LogP contribution in [0.4, 0.5) is 5.82 Å². The fourth-order valence-electron chi connectivity index (χ4n) is 4.21. The summed E-state index contributed by atoms with van der Waals surface area (Å²) in [5, 5.41) is 7.77. The highest BCUT2D eigenvalue weighted by Gasteiger charge is 2.36. The Morgan fingerprint density at radius 2 is 2.15 bits per heavy atom. The molecule has 4 rings (SSSR count). The van der Waals surface area contributed by atoms with Crippen molar-refractivity contribution >= 4 is 22.9 Å². The van der Waals surface area contributed by atoms with Crippen molar-refractivity contribution in [1.29, 1.82) is 0 Å². The number of hydrogen-bond acceptors (Lipinski definition) is 5. The molecule has 0 saturated heterocycles. The standard InChI is InChI=1S/C19H25N7O/c1-4-6-7-12(5-2)13-8-14(27)24-18-15(13)11(3)25-26(18)19-16-17(21-9-20-16)22-10-23-19/h9-10,12-13H,4-8H2,1-3H3,(H,24,27)(H,20,21,22,23)/t12-,13+/m0/s1. The molecule has 0 aromatic carbocycles. The lowest BCUT2D eigenvalue weighted by Crippen LogP contribution is -2.28. The van der Waals surface area contributed by atoms with Gasteiger partial charge in [0.15, 0.2) is 11.5 Å². The summed E-state index contributed by atoms with van der Waals surface area (Å²) < 4.78 is 1.73. The maximum absolute atomic E-state index is 12.5. The third kappa shape index (κ3) is 2.98. The van der Waals surface area contributed by atoms with Gasteiger partial charge in [-0.15, -0.1) is 0 Å². The van der Waals surface area contributed by atoms with Crippen LogP contribution in [0.5, 0.6) is 0 Å². The van der Waals surface area contributed by atoms with E-state index < -0.39 is 0 Å². The van der Waals surface area contributed by atoms with E-state index >= 15 is 0 Å². The predicted molar refractivity (Wildman–Crippen MR) is 103 cm³/mol. The molecule has 0 saturated carbocycles. The number of H-pyrrole nitrogens is 1. The summed E-state index contributed by atoms with van der Waals surface area (Å²) in [4.78, 5) is 28.4. The first kappa shape index (κ1) is 17.6. The van der Waals surface area contributed by atoms with E-state index in [0.29, 0.717) is 29.3 Å². The summed E-state index contributed by atoms with van der Waals surface area (Å²) in [5.41, 5.74) is 3.37. The van der Waals surface area contributed by atoms with Crippen LogP contribution < -0.4 is 5.32 Å². The number of aromatic amines is 1. The topological polar surface area (TPSA) is 101 Å². The van der Waals surface area contributed by atoms with Crippen LogP contribution in [0.2, 0.25) is 0 Å². The van der Waals surface area contributed by atoms with Crippen molar-refractivity contribution in [2.45, 2.75) is 58.8 Å². The molecule has 3 aromatic rings. The number of aryl methyl sites for hydroxylation is 1. The summed E-state index contributed by atoms with van der Waals surface area (Å²) in [6.07, 6.45) is 8.11. The van der Waals surface area contributed by atoms with Gasteiger partial charge in [0.2, 0.25) is 5.91 Å². The summed E-state index contributed by atoms with van der Waals surface area (Å²) in [7, 11) is 0. The molecule has 4 heterocycles. The Hall–Kier alpha value is -2.77. The first-order valence-corrected chi connectivity index (χ1v) is 9.67. The van der Waals surface area contributed by atoms with E-state index in [2.05, 4.69) is 39.1 Å². The van der Waals surface area contributed by atoms with Gasteiger partial charge in [0.05, 0.1) is 12.0 Å². The number of nitrogens with one attached hydrogen (secondary N) is 2. The number of hydrogen-bond donors (Lipinski definition) is 2. The number of aromatic nitrogens is 6. The first-order chi connectivity index (χ1) is 13.1. The van der Waals surface area contributed by atoms with Crippen LogP contribution in [-0.2, 0) is 4.79 Å². The van der Waals surface area contributed by atoms with Crippen molar-refractivity contribution in [2.24, 2.45) is 5.92 Å². The second-order valence-corrected chi connectivity index (χ2v) is 7.23. The maximum atomic E-state index is 12.5. The fraction of sp³-hybridized carbons (Fsp3) is 0.526. The molecule has 0 radical (unpaired) electrons. The van der Waals surface area contributed by atoms with E-state index in [4.69, 9.17) is 5.10 Å². The van der Waals surface area contributed by atoms with Crippen LogP contribution in [0.1, 0.15) is 63.1 Å². The Kier molecular flexibility index (Phi) is 4.63. The molecular weight excluding hydrogens is 342 g/mol. The Labute approximate surface area is 157 Å². The zero-order chi connectivity index (χ0) is 19.0. The Bertz CT molecular complexity index is 974.